The molecule has 1 aromatic carbocycles. The molecule has 0 radical (unpaired) electrons. The van der Waals surface area contributed by atoms with Gasteiger partial charge in [-0.05, 0) is 31.0 Å². The lowest BCUT2D eigenvalue weighted by atomic mass is 10.2. The molecule has 6 heteroatoms. The van der Waals surface area contributed by atoms with Crippen molar-refractivity contribution >= 4 is 22.4 Å². The van der Waals surface area contributed by atoms with E-state index in [0.29, 0.717) is 24.0 Å². The Morgan fingerprint density at radius 3 is 2.67 bits per heavy atom. The summed E-state index contributed by atoms with van der Waals surface area (Å²) in [6.07, 6.45) is 1.01. The molecule has 5 nitrogen and oxygen atoms in total. The lowest BCUT2D eigenvalue weighted by Crippen LogP contribution is -2.11. The number of aryl methyl sites for hydroxylation is 2. The molecule has 112 valence electrons. The number of anilines is 1. The fourth-order valence-electron chi connectivity index (χ4n) is 1.82. The fourth-order valence-corrected chi connectivity index (χ4v) is 2.65. The zero-order chi connectivity index (χ0) is 15.2. The number of nitrogens with one attached hydrogen (secondary N) is 1. The van der Waals surface area contributed by atoms with Crippen LogP contribution >= 0.6 is 11.3 Å². The maximum atomic E-state index is 10.9. The molecular formula is C15H18N2O3S. The molecule has 0 bridgehead atoms. The molecule has 0 aliphatic heterocycles. The van der Waals surface area contributed by atoms with E-state index in [0.717, 1.165) is 23.5 Å². The van der Waals surface area contributed by atoms with Crippen LogP contribution in [-0.2, 0) is 6.42 Å². The summed E-state index contributed by atoms with van der Waals surface area (Å²) in [7, 11) is 0. The van der Waals surface area contributed by atoms with E-state index in [1.807, 2.05) is 24.3 Å². The number of hydrogen-bond acceptors (Lipinski definition) is 5. The molecule has 0 saturated carbocycles. The predicted octanol–water partition coefficient (Wildman–Crippen LogP) is 3.20. The maximum absolute atomic E-state index is 10.9. The fraction of sp³-hybridized carbons (Fsp3) is 0.333. The molecule has 0 aliphatic carbocycles. The predicted molar refractivity (Wildman–Crippen MR) is 83.6 cm³/mol. The van der Waals surface area contributed by atoms with E-state index in [-0.39, 0.29) is 4.88 Å². The quantitative estimate of drug-likeness (QED) is 0.769. The molecule has 21 heavy (non-hydrogen) atoms. The normalized spacial score (nSPS) is 10.4. The number of ether oxygens (including phenoxy) is 1. The number of benzene rings is 1. The van der Waals surface area contributed by atoms with Gasteiger partial charge in [-0.1, -0.05) is 30.4 Å². The number of thiazole rings is 1. The summed E-state index contributed by atoms with van der Waals surface area (Å²) in [6.45, 7) is 4.87. The minimum absolute atomic E-state index is 0.272. The summed E-state index contributed by atoms with van der Waals surface area (Å²) in [5.41, 5.74) is 1.81. The largest absolute Gasteiger partial charge is 0.492 e. The zero-order valence-electron chi connectivity index (χ0n) is 12.0. The number of aromatic carboxylic acids is 1. The van der Waals surface area contributed by atoms with Crippen molar-refractivity contribution in [3.8, 4) is 5.75 Å². The lowest BCUT2D eigenvalue weighted by molar-refractivity contribution is 0.0701. The highest BCUT2D eigenvalue weighted by atomic mass is 32.1. The van der Waals surface area contributed by atoms with Crippen LogP contribution in [0, 0.1) is 6.92 Å². The van der Waals surface area contributed by atoms with E-state index >= 15 is 0 Å². The monoisotopic (exact) mass is 306 g/mol. The Balaban J connectivity index is 1.79. The second kappa shape index (κ2) is 7.08. The van der Waals surface area contributed by atoms with Gasteiger partial charge in [0.1, 0.15) is 17.2 Å². The highest BCUT2D eigenvalue weighted by Crippen LogP contribution is 2.22. The Morgan fingerprint density at radius 1 is 1.38 bits per heavy atom. The molecular weight excluding hydrogens is 288 g/mol. The molecule has 0 unspecified atom stereocenters. The van der Waals surface area contributed by atoms with E-state index in [1.165, 1.54) is 5.56 Å². The summed E-state index contributed by atoms with van der Waals surface area (Å²) in [5.74, 6) is -0.110. The molecule has 0 saturated heterocycles. The Kier molecular flexibility index (Phi) is 5.16. The van der Waals surface area contributed by atoms with Crippen LogP contribution < -0.4 is 10.1 Å². The van der Waals surface area contributed by atoms with Crippen LogP contribution in [-0.4, -0.2) is 29.2 Å². The first kappa shape index (κ1) is 15.3. The van der Waals surface area contributed by atoms with Gasteiger partial charge in [0.15, 0.2) is 5.13 Å². The molecule has 1 heterocycles. The van der Waals surface area contributed by atoms with Crippen molar-refractivity contribution in [2.24, 2.45) is 0 Å². The molecule has 0 aliphatic rings. The van der Waals surface area contributed by atoms with Crippen LogP contribution in [0.1, 0.15) is 27.9 Å². The zero-order valence-corrected chi connectivity index (χ0v) is 12.9. The van der Waals surface area contributed by atoms with Crippen molar-refractivity contribution < 1.29 is 14.6 Å². The smallest absolute Gasteiger partial charge is 0.347 e. The Hall–Kier alpha value is -2.08. The van der Waals surface area contributed by atoms with Crippen molar-refractivity contribution in [2.45, 2.75) is 20.3 Å². The first-order valence-electron chi connectivity index (χ1n) is 6.76. The lowest BCUT2D eigenvalue weighted by Gasteiger charge is -2.07. The number of aromatic nitrogens is 1. The highest BCUT2D eigenvalue weighted by Gasteiger charge is 2.13. The number of nitrogens with zero attached hydrogens (tertiary/aromatic N) is 1. The number of hydrogen-bond donors (Lipinski definition) is 2. The third kappa shape index (κ3) is 4.19. The SMILES string of the molecule is CCc1ccc(OCCNc2nc(C)c(C(=O)O)s2)cc1. The number of carboxylic acids is 1. The van der Waals surface area contributed by atoms with E-state index in [4.69, 9.17) is 9.84 Å². The maximum Gasteiger partial charge on any atom is 0.347 e. The van der Waals surface area contributed by atoms with E-state index < -0.39 is 5.97 Å². The molecule has 0 amide bonds. The summed E-state index contributed by atoms with van der Waals surface area (Å²) < 4.78 is 5.61. The average molecular weight is 306 g/mol. The number of rotatable bonds is 7. The third-order valence-corrected chi connectivity index (χ3v) is 4.07. The van der Waals surface area contributed by atoms with Gasteiger partial charge in [-0.25, -0.2) is 9.78 Å². The Morgan fingerprint density at radius 2 is 2.10 bits per heavy atom. The standard InChI is InChI=1S/C15H18N2O3S/c1-3-11-4-6-12(7-5-11)20-9-8-16-15-17-10(2)13(21-15)14(18)19/h4-7H,3,8-9H2,1-2H3,(H,16,17)(H,18,19). The highest BCUT2D eigenvalue weighted by molar-refractivity contribution is 7.17. The molecule has 0 atom stereocenters. The Bertz CT molecular complexity index is 608. The van der Waals surface area contributed by atoms with Crippen molar-refractivity contribution in [2.75, 3.05) is 18.5 Å². The van der Waals surface area contributed by atoms with Gasteiger partial charge in [-0.3, -0.25) is 0 Å². The van der Waals surface area contributed by atoms with Crippen molar-refractivity contribution in [3.63, 3.8) is 0 Å². The minimum atomic E-state index is -0.940. The van der Waals surface area contributed by atoms with E-state index in [2.05, 4.69) is 17.2 Å². The summed E-state index contributed by atoms with van der Waals surface area (Å²) in [6, 6.07) is 8.00. The molecule has 0 fully saturated rings. The minimum Gasteiger partial charge on any atom is -0.492 e. The van der Waals surface area contributed by atoms with Crippen molar-refractivity contribution in [3.05, 3.63) is 40.4 Å². The van der Waals surface area contributed by atoms with Crippen LogP contribution in [0.2, 0.25) is 0 Å². The molecule has 2 rings (SSSR count). The van der Waals surface area contributed by atoms with Crippen LogP contribution in [0.25, 0.3) is 0 Å². The first-order chi connectivity index (χ1) is 10.1. The van der Waals surface area contributed by atoms with Crippen molar-refractivity contribution in [1.82, 2.24) is 4.98 Å². The second-order valence-corrected chi connectivity index (χ2v) is 5.51. The molecule has 0 spiro atoms. The van der Waals surface area contributed by atoms with Gasteiger partial charge in [-0.2, -0.15) is 0 Å². The topological polar surface area (TPSA) is 71.5 Å². The van der Waals surface area contributed by atoms with Crippen LogP contribution in [0.5, 0.6) is 5.75 Å². The number of carbonyl (C=O) groups is 1. The van der Waals surface area contributed by atoms with Crippen LogP contribution in [0.3, 0.4) is 0 Å². The van der Waals surface area contributed by atoms with Crippen LogP contribution in [0.15, 0.2) is 24.3 Å². The van der Waals surface area contributed by atoms with Gasteiger partial charge in [-0.15, -0.1) is 0 Å². The first-order valence-corrected chi connectivity index (χ1v) is 7.58. The van der Waals surface area contributed by atoms with Crippen molar-refractivity contribution in [1.29, 1.82) is 0 Å². The summed E-state index contributed by atoms with van der Waals surface area (Å²) >= 11 is 1.14. The number of carboxylic acid groups (broad SMARTS) is 1. The van der Waals surface area contributed by atoms with Gasteiger partial charge in [0, 0.05) is 0 Å². The molecule has 2 N–H and O–H groups in total. The Labute approximate surface area is 127 Å². The summed E-state index contributed by atoms with van der Waals surface area (Å²) in [4.78, 5) is 15.4. The van der Waals surface area contributed by atoms with Gasteiger partial charge in [0.25, 0.3) is 0 Å². The van der Waals surface area contributed by atoms with E-state index in [1.54, 1.807) is 6.92 Å². The van der Waals surface area contributed by atoms with Gasteiger partial charge in [0.2, 0.25) is 0 Å². The van der Waals surface area contributed by atoms with Gasteiger partial charge >= 0.3 is 5.97 Å². The second-order valence-electron chi connectivity index (χ2n) is 4.51. The van der Waals surface area contributed by atoms with Gasteiger partial charge < -0.3 is 15.2 Å². The molecule has 2 aromatic rings. The van der Waals surface area contributed by atoms with Crippen LogP contribution in [0.4, 0.5) is 5.13 Å². The summed E-state index contributed by atoms with van der Waals surface area (Å²) in [5, 5.41) is 12.6. The average Bonchev–Trinajstić information content (AvgIpc) is 2.85. The van der Waals surface area contributed by atoms with Gasteiger partial charge in [0.05, 0.1) is 12.2 Å². The van der Waals surface area contributed by atoms with E-state index in [9.17, 15) is 4.79 Å². The third-order valence-electron chi connectivity index (χ3n) is 2.97. The molecule has 1 aromatic heterocycles.